The Labute approximate surface area is 160 Å². The molecule has 136 valence electrons. The number of aryl methyl sites for hydroxylation is 1. The van der Waals surface area contributed by atoms with Gasteiger partial charge in [0.1, 0.15) is 6.61 Å². The fraction of sp³-hybridized carbons (Fsp3) is 0.300. The van der Waals surface area contributed by atoms with Crippen molar-refractivity contribution in [3.8, 4) is 0 Å². The first kappa shape index (κ1) is 18.5. The maximum Gasteiger partial charge on any atom is 0.411 e. The molecule has 1 saturated carbocycles. The summed E-state index contributed by atoms with van der Waals surface area (Å²) in [5, 5.41) is 9.80. The molecule has 1 aliphatic rings. The average Bonchev–Trinajstić information content (AvgIpc) is 3.45. The number of hydrogen-bond donors (Lipinski definition) is 1. The molecule has 6 heteroatoms. The number of amides is 1. The van der Waals surface area contributed by atoms with Crippen molar-refractivity contribution in [1.82, 2.24) is 4.90 Å². The Balaban J connectivity index is 1.82. The van der Waals surface area contributed by atoms with E-state index >= 15 is 0 Å². The van der Waals surface area contributed by atoms with E-state index in [0.29, 0.717) is 5.56 Å². The molecule has 1 N–H and O–H groups in total. The van der Waals surface area contributed by atoms with E-state index in [2.05, 4.69) is 15.9 Å². The lowest BCUT2D eigenvalue weighted by molar-refractivity contribution is -0.143. The smallest absolute Gasteiger partial charge is 0.411 e. The van der Waals surface area contributed by atoms with Gasteiger partial charge in [-0.05, 0) is 42.5 Å². The molecule has 0 bridgehead atoms. The molecule has 0 spiro atoms. The molecule has 1 fully saturated rings. The van der Waals surface area contributed by atoms with Crippen LogP contribution in [0.25, 0.3) is 0 Å². The van der Waals surface area contributed by atoms with E-state index < -0.39 is 18.1 Å². The highest BCUT2D eigenvalue weighted by atomic mass is 79.9. The van der Waals surface area contributed by atoms with E-state index in [0.717, 1.165) is 28.4 Å². The quantitative estimate of drug-likeness (QED) is 0.740. The monoisotopic (exact) mass is 417 g/mol. The van der Waals surface area contributed by atoms with Crippen LogP contribution in [-0.2, 0) is 16.1 Å². The Hall–Kier alpha value is -2.34. The van der Waals surface area contributed by atoms with Gasteiger partial charge >= 0.3 is 12.1 Å². The minimum absolute atomic E-state index is 0.0977. The number of ether oxygens (including phenoxy) is 1. The molecule has 3 rings (SSSR count). The lowest BCUT2D eigenvalue weighted by Gasteiger charge is -2.29. The Morgan fingerprint density at radius 1 is 1.23 bits per heavy atom. The Morgan fingerprint density at radius 2 is 1.92 bits per heavy atom. The van der Waals surface area contributed by atoms with E-state index in [-0.39, 0.29) is 12.6 Å². The zero-order valence-electron chi connectivity index (χ0n) is 14.4. The average molecular weight is 418 g/mol. The van der Waals surface area contributed by atoms with Crippen LogP contribution in [0.4, 0.5) is 4.79 Å². The minimum Gasteiger partial charge on any atom is -0.479 e. The normalized spacial score (nSPS) is 14.5. The maximum atomic E-state index is 12.7. The Kier molecular flexibility index (Phi) is 5.61. The van der Waals surface area contributed by atoms with Crippen molar-refractivity contribution in [2.45, 2.75) is 38.5 Å². The molecule has 1 aliphatic carbocycles. The summed E-state index contributed by atoms with van der Waals surface area (Å²) in [6.07, 6.45) is 0.981. The maximum absolute atomic E-state index is 12.7. The van der Waals surface area contributed by atoms with Crippen molar-refractivity contribution >= 4 is 28.0 Å². The van der Waals surface area contributed by atoms with Gasteiger partial charge in [-0.1, -0.05) is 58.4 Å². The van der Waals surface area contributed by atoms with Gasteiger partial charge in [-0.25, -0.2) is 9.59 Å². The molecule has 2 aromatic carbocycles. The van der Waals surface area contributed by atoms with E-state index in [4.69, 9.17) is 4.74 Å². The van der Waals surface area contributed by atoms with Gasteiger partial charge in [0.2, 0.25) is 0 Å². The van der Waals surface area contributed by atoms with Crippen molar-refractivity contribution in [2.75, 3.05) is 0 Å². The van der Waals surface area contributed by atoms with Crippen LogP contribution in [0.2, 0.25) is 0 Å². The molecule has 1 atom stereocenters. The van der Waals surface area contributed by atoms with Gasteiger partial charge < -0.3 is 9.84 Å². The van der Waals surface area contributed by atoms with Crippen molar-refractivity contribution in [1.29, 1.82) is 0 Å². The summed E-state index contributed by atoms with van der Waals surface area (Å²) in [6.45, 7) is 2.04. The summed E-state index contributed by atoms with van der Waals surface area (Å²) in [7, 11) is 0. The molecule has 0 saturated heterocycles. The largest absolute Gasteiger partial charge is 0.479 e. The van der Waals surface area contributed by atoms with E-state index in [1.54, 1.807) is 12.1 Å². The van der Waals surface area contributed by atoms with Crippen LogP contribution in [0, 0.1) is 6.92 Å². The second kappa shape index (κ2) is 7.91. The SMILES string of the molecule is Cc1ccc(C(C(=O)O)N(C(=O)OCc2ccccc2)C2CC2)cc1Br. The number of benzene rings is 2. The fourth-order valence-corrected chi connectivity index (χ4v) is 3.21. The van der Waals surface area contributed by atoms with Gasteiger partial charge in [0.15, 0.2) is 6.04 Å². The molecule has 0 radical (unpaired) electrons. The van der Waals surface area contributed by atoms with Crippen molar-refractivity contribution in [3.63, 3.8) is 0 Å². The van der Waals surface area contributed by atoms with E-state index in [1.807, 2.05) is 43.3 Å². The van der Waals surface area contributed by atoms with Crippen LogP contribution < -0.4 is 0 Å². The van der Waals surface area contributed by atoms with E-state index in [9.17, 15) is 14.7 Å². The topological polar surface area (TPSA) is 66.8 Å². The fourth-order valence-electron chi connectivity index (χ4n) is 2.81. The van der Waals surface area contributed by atoms with Crippen LogP contribution in [0.3, 0.4) is 0 Å². The Morgan fingerprint density at radius 3 is 2.50 bits per heavy atom. The summed E-state index contributed by atoms with van der Waals surface area (Å²) in [4.78, 5) is 26.0. The number of halogens is 1. The van der Waals surface area contributed by atoms with Crippen LogP contribution in [0.15, 0.2) is 53.0 Å². The van der Waals surface area contributed by atoms with E-state index in [1.165, 1.54) is 4.90 Å². The first-order valence-electron chi connectivity index (χ1n) is 8.45. The third kappa shape index (κ3) is 4.25. The zero-order valence-corrected chi connectivity index (χ0v) is 16.0. The molecule has 0 heterocycles. The highest BCUT2D eigenvalue weighted by molar-refractivity contribution is 9.10. The number of aliphatic carboxylic acids is 1. The van der Waals surface area contributed by atoms with Gasteiger partial charge in [0.05, 0.1) is 0 Å². The summed E-state index contributed by atoms with van der Waals surface area (Å²) >= 11 is 3.44. The van der Waals surface area contributed by atoms with Gasteiger partial charge in [-0.3, -0.25) is 4.90 Å². The number of nitrogens with zero attached hydrogens (tertiary/aromatic N) is 1. The van der Waals surface area contributed by atoms with Crippen molar-refractivity contribution in [3.05, 3.63) is 69.7 Å². The van der Waals surface area contributed by atoms with Crippen molar-refractivity contribution in [2.24, 2.45) is 0 Å². The third-order valence-corrected chi connectivity index (χ3v) is 5.23. The molecular weight excluding hydrogens is 398 g/mol. The predicted octanol–water partition coefficient (Wildman–Crippen LogP) is 4.68. The molecule has 0 aliphatic heterocycles. The lowest BCUT2D eigenvalue weighted by atomic mass is 10.0. The lowest BCUT2D eigenvalue weighted by Crippen LogP contribution is -2.41. The zero-order chi connectivity index (χ0) is 18.7. The van der Waals surface area contributed by atoms with Gasteiger partial charge in [-0.15, -0.1) is 0 Å². The first-order chi connectivity index (χ1) is 12.5. The highest BCUT2D eigenvalue weighted by Crippen LogP contribution is 2.36. The van der Waals surface area contributed by atoms with Gasteiger partial charge in [-0.2, -0.15) is 0 Å². The molecule has 1 amide bonds. The third-order valence-electron chi connectivity index (χ3n) is 4.38. The molecule has 2 aromatic rings. The second-order valence-corrected chi connectivity index (χ2v) is 7.28. The molecule has 1 unspecified atom stereocenters. The highest BCUT2D eigenvalue weighted by Gasteiger charge is 2.42. The summed E-state index contributed by atoms with van der Waals surface area (Å²) in [5.74, 6) is -1.07. The summed E-state index contributed by atoms with van der Waals surface area (Å²) in [6, 6.07) is 13.5. The molecule has 5 nitrogen and oxygen atoms in total. The number of carbonyl (C=O) groups is 2. The first-order valence-corrected chi connectivity index (χ1v) is 9.24. The number of carbonyl (C=O) groups excluding carboxylic acids is 1. The van der Waals surface area contributed by atoms with Crippen LogP contribution in [0.5, 0.6) is 0 Å². The van der Waals surface area contributed by atoms with Crippen LogP contribution >= 0.6 is 15.9 Å². The van der Waals surface area contributed by atoms with Gasteiger partial charge in [0.25, 0.3) is 0 Å². The Bertz CT molecular complexity index is 805. The van der Waals surface area contributed by atoms with Gasteiger partial charge in [0, 0.05) is 10.5 Å². The molecule has 0 aromatic heterocycles. The van der Waals surface area contributed by atoms with Crippen LogP contribution in [0.1, 0.15) is 35.6 Å². The number of carboxylic acid groups (broad SMARTS) is 1. The number of hydrogen-bond acceptors (Lipinski definition) is 3. The summed E-state index contributed by atoms with van der Waals surface area (Å²) < 4.78 is 6.22. The second-order valence-electron chi connectivity index (χ2n) is 6.43. The number of rotatable bonds is 6. The predicted molar refractivity (Wildman–Crippen MR) is 101 cm³/mol. The molecule has 26 heavy (non-hydrogen) atoms. The standard InChI is InChI=1S/C20H20BrNO4/c1-13-7-8-15(11-17(13)21)18(19(23)24)22(16-9-10-16)20(25)26-12-14-5-3-2-4-6-14/h2-8,11,16,18H,9-10,12H2,1H3,(H,23,24). The summed E-state index contributed by atoms with van der Waals surface area (Å²) in [5.41, 5.74) is 2.42. The van der Waals surface area contributed by atoms with Crippen LogP contribution in [-0.4, -0.2) is 28.1 Å². The molecular formula is C20H20BrNO4. The minimum atomic E-state index is -1.07. The number of carboxylic acids is 1. The van der Waals surface area contributed by atoms with Crippen molar-refractivity contribution < 1.29 is 19.4 Å².